The molecule has 1 rings (SSSR count). The third kappa shape index (κ3) is 5.78. The quantitative estimate of drug-likeness (QED) is 0.490. The third-order valence-corrected chi connectivity index (χ3v) is 2.97. The molecule has 0 aromatic rings. The molecule has 1 aliphatic rings. The Kier molecular flexibility index (Phi) is 7.11. The predicted octanol–water partition coefficient (Wildman–Crippen LogP) is -0.938. The molecule has 0 aromatic heterocycles. The van der Waals surface area contributed by atoms with Gasteiger partial charge >= 0.3 is 23.9 Å². The second-order valence-corrected chi connectivity index (χ2v) is 5.09. The Morgan fingerprint density at radius 2 is 1.25 bits per heavy atom. The van der Waals surface area contributed by atoms with Crippen LogP contribution in [0.25, 0.3) is 0 Å². The van der Waals surface area contributed by atoms with E-state index in [4.69, 9.17) is 23.7 Å². The van der Waals surface area contributed by atoms with Gasteiger partial charge in [0, 0.05) is 27.7 Å². The first-order valence-electron chi connectivity index (χ1n) is 7.10. The van der Waals surface area contributed by atoms with Gasteiger partial charge in [-0.2, -0.15) is 0 Å². The number of hydrogen-bond donors (Lipinski definition) is 1. The van der Waals surface area contributed by atoms with Crippen LogP contribution in [0.15, 0.2) is 0 Å². The first-order valence-corrected chi connectivity index (χ1v) is 7.10. The Labute approximate surface area is 137 Å². The number of carbonyl (C=O) groups is 4. The van der Waals surface area contributed by atoms with Gasteiger partial charge in [-0.25, -0.2) is 0 Å². The van der Waals surface area contributed by atoms with Crippen LogP contribution in [-0.4, -0.2) is 66.3 Å². The summed E-state index contributed by atoms with van der Waals surface area (Å²) in [6.07, 6.45) is -6.79. The van der Waals surface area contributed by atoms with E-state index in [-0.39, 0.29) is 6.61 Å². The van der Waals surface area contributed by atoms with E-state index in [0.29, 0.717) is 0 Å². The number of rotatable bonds is 5. The summed E-state index contributed by atoms with van der Waals surface area (Å²) in [6, 6.07) is 0. The summed E-state index contributed by atoms with van der Waals surface area (Å²) >= 11 is 0. The van der Waals surface area contributed by atoms with E-state index in [2.05, 4.69) is 0 Å². The summed E-state index contributed by atoms with van der Waals surface area (Å²) in [5, 5.41) is 10.0. The summed E-state index contributed by atoms with van der Waals surface area (Å²) in [4.78, 5) is 44.9. The fraction of sp³-hybridized carbons (Fsp3) is 0.714. The van der Waals surface area contributed by atoms with Crippen molar-refractivity contribution in [2.24, 2.45) is 0 Å². The molecule has 1 unspecified atom stereocenters. The minimum atomic E-state index is -1.68. The van der Waals surface area contributed by atoms with Crippen molar-refractivity contribution in [3.63, 3.8) is 0 Å². The highest BCUT2D eigenvalue weighted by atomic mass is 16.7. The molecule has 0 amide bonds. The summed E-state index contributed by atoms with van der Waals surface area (Å²) in [5.41, 5.74) is 0. The third-order valence-electron chi connectivity index (χ3n) is 2.97. The Bertz CT molecular complexity index is 502. The Morgan fingerprint density at radius 3 is 1.71 bits per heavy atom. The number of esters is 4. The lowest BCUT2D eigenvalue weighted by molar-refractivity contribution is -0.296. The van der Waals surface area contributed by atoms with Gasteiger partial charge in [0.15, 0.2) is 24.6 Å². The van der Waals surface area contributed by atoms with Gasteiger partial charge in [-0.15, -0.1) is 0 Å². The van der Waals surface area contributed by atoms with Crippen molar-refractivity contribution < 1.29 is 48.0 Å². The van der Waals surface area contributed by atoms with Crippen molar-refractivity contribution in [1.29, 1.82) is 0 Å². The van der Waals surface area contributed by atoms with Gasteiger partial charge in [-0.05, 0) is 0 Å². The monoisotopic (exact) mass is 348 g/mol. The largest absolute Gasteiger partial charge is 0.463 e. The minimum absolute atomic E-state index is 0.366. The SMILES string of the molecule is CC(=O)OC[C@@H]1OC(O)[C@@H](OC(C)=O)[C@H](OC(C)=O)[C@H]1OC(C)=O. The highest BCUT2D eigenvalue weighted by molar-refractivity contribution is 5.68. The average Bonchev–Trinajstić information content (AvgIpc) is 2.42. The van der Waals surface area contributed by atoms with Gasteiger partial charge in [0.05, 0.1) is 0 Å². The number of aliphatic hydroxyl groups excluding tert-OH is 1. The van der Waals surface area contributed by atoms with E-state index in [1.807, 2.05) is 0 Å². The molecular weight excluding hydrogens is 328 g/mol. The molecule has 0 bridgehead atoms. The minimum Gasteiger partial charge on any atom is -0.463 e. The lowest BCUT2D eigenvalue weighted by Gasteiger charge is -2.42. The van der Waals surface area contributed by atoms with Crippen LogP contribution in [0, 0.1) is 0 Å². The van der Waals surface area contributed by atoms with E-state index < -0.39 is 54.6 Å². The molecule has 0 aromatic carbocycles. The molecule has 24 heavy (non-hydrogen) atoms. The van der Waals surface area contributed by atoms with Gasteiger partial charge in [-0.1, -0.05) is 0 Å². The molecule has 10 heteroatoms. The first kappa shape index (κ1) is 19.8. The van der Waals surface area contributed by atoms with E-state index in [9.17, 15) is 24.3 Å². The maximum atomic E-state index is 11.3. The van der Waals surface area contributed by atoms with Crippen molar-refractivity contribution in [2.75, 3.05) is 6.61 Å². The van der Waals surface area contributed by atoms with Crippen LogP contribution in [-0.2, 0) is 42.9 Å². The average molecular weight is 348 g/mol. The van der Waals surface area contributed by atoms with Crippen LogP contribution < -0.4 is 0 Å². The lowest BCUT2D eigenvalue weighted by atomic mass is 9.98. The number of carbonyl (C=O) groups excluding carboxylic acids is 4. The molecule has 1 saturated heterocycles. The molecule has 1 heterocycles. The Balaban J connectivity index is 3.11. The van der Waals surface area contributed by atoms with E-state index >= 15 is 0 Å². The zero-order chi connectivity index (χ0) is 18.4. The first-order chi connectivity index (χ1) is 11.1. The van der Waals surface area contributed by atoms with Crippen molar-refractivity contribution in [1.82, 2.24) is 0 Å². The van der Waals surface area contributed by atoms with Gasteiger partial charge in [0.1, 0.15) is 12.7 Å². The molecule has 0 saturated carbocycles. The Morgan fingerprint density at radius 1 is 0.792 bits per heavy atom. The van der Waals surface area contributed by atoms with Crippen molar-refractivity contribution >= 4 is 23.9 Å². The van der Waals surface area contributed by atoms with Gasteiger partial charge < -0.3 is 28.8 Å². The molecule has 136 valence electrons. The highest BCUT2D eigenvalue weighted by Gasteiger charge is 2.51. The van der Waals surface area contributed by atoms with Crippen LogP contribution in [0.1, 0.15) is 27.7 Å². The summed E-state index contributed by atoms with van der Waals surface area (Å²) in [7, 11) is 0. The standard InChI is InChI=1S/C14H20O10/c1-6(15)20-5-10-11(21-7(2)16)12(22-8(3)17)13(14(19)24-10)23-9(4)18/h10-14,19H,5H2,1-4H3/t10-,11-,12+,13-,14?/m0/s1. The van der Waals surface area contributed by atoms with Gasteiger partial charge in [0.2, 0.25) is 0 Å². The molecule has 1 aliphatic heterocycles. The number of hydrogen-bond acceptors (Lipinski definition) is 10. The van der Waals surface area contributed by atoms with Crippen LogP contribution in [0.5, 0.6) is 0 Å². The van der Waals surface area contributed by atoms with E-state index in [1.165, 1.54) is 0 Å². The molecule has 0 radical (unpaired) electrons. The maximum Gasteiger partial charge on any atom is 0.303 e. The van der Waals surface area contributed by atoms with Crippen molar-refractivity contribution in [3.05, 3.63) is 0 Å². The zero-order valence-electron chi connectivity index (χ0n) is 13.7. The highest BCUT2D eigenvalue weighted by Crippen LogP contribution is 2.28. The zero-order valence-corrected chi connectivity index (χ0v) is 13.7. The van der Waals surface area contributed by atoms with E-state index in [0.717, 1.165) is 27.7 Å². The smallest absolute Gasteiger partial charge is 0.303 e. The lowest BCUT2D eigenvalue weighted by Crippen LogP contribution is -2.62. The van der Waals surface area contributed by atoms with Crippen LogP contribution in [0.3, 0.4) is 0 Å². The van der Waals surface area contributed by atoms with Gasteiger partial charge in [0.25, 0.3) is 0 Å². The van der Waals surface area contributed by atoms with Gasteiger partial charge in [-0.3, -0.25) is 19.2 Å². The molecule has 0 aliphatic carbocycles. The second kappa shape index (κ2) is 8.60. The predicted molar refractivity (Wildman–Crippen MR) is 74.2 cm³/mol. The molecule has 5 atom stereocenters. The number of ether oxygens (including phenoxy) is 5. The fourth-order valence-corrected chi connectivity index (χ4v) is 2.21. The summed E-state index contributed by atoms with van der Waals surface area (Å²) < 4.78 is 25.0. The number of aliphatic hydroxyl groups is 1. The maximum absolute atomic E-state index is 11.3. The van der Waals surface area contributed by atoms with E-state index in [1.54, 1.807) is 0 Å². The summed E-state index contributed by atoms with van der Waals surface area (Å²) in [5.74, 6) is -2.87. The van der Waals surface area contributed by atoms with Crippen molar-refractivity contribution in [3.8, 4) is 0 Å². The van der Waals surface area contributed by atoms with Crippen LogP contribution in [0.4, 0.5) is 0 Å². The molecule has 1 N–H and O–H groups in total. The summed E-state index contributed by atoms with van der Waals surface area (Å²) in [6.45, 7) is 4.09. The fourth-order valence-electron chi connectivity index (χ4n) is 2.21. The molecule has 10 nitrogen and oxygen atoms in total. The van der Waals surface area contributed by atoms with Crippen LogP contribution >= 0.6 is 0 Å². The topological polar surface area (TPSA) is 135 Å². The molecular formula is C14H20O10. The molecule has 1 fully saturated rings. The van der Waals surface area contributed by atoms with Crippen LogP contribution in [0.2, 0.25) is 0 Å². The second-order valence-electron chi connectivity index (χ2n) is 5.09. The Hall–Kier alpha value is -2.20. The van der Waals surface area contributed by atoms with Crippen molar-refractivity contribution in [2.45, 2.75) is 58.4 Å². The molecule has 0 spiro atoms. The normalized spacial score (nSPS) is 29.3.